The fraction of sp³-hybridized carbons (Fsp3) is 0.667. The average molecular weight is 393 g/mol. The molecule has 2 heterocycles. The molecule has 156 valence electrons. The van der Waals surface area contributed by atoms with Crippen LogP contribution in [0, 0.1) is 11.7 Å². The first-order chi connectivity index (χ1) is 13.4. The number of halogens is 1. The molecule has 1 aromatic rings. The summed E-state index contributed by atoms with van der Waals surface area (Å²) in [5.74, 6) is 0.183. The molecule has 28 heavy (non-hydrogen) atoms. The third kappa shape index (κ3) is 5.43. The number of benzene rings is 1. The largest absolute Gasteiger partial charge is 0.370 e. The zero-order valence-electron chi connectivity index (χ0n) is 17.2. The van der Waals surface area contributed by atoms with Crippen molar-refractivity contribution in [2.45, 2.75) is 26.0 Å². The van der Waals surface area contributed by atoms with E-state index in [2.05, 4.69) is 36.0 Å². The molecule has 0 radical (unpaired) electrons. The predicted octanol–water partition coefficient (Wildman–Crippen LogP) is 2.18. The summed E-state index contributed by atoms with van der Waals surface area (Å²) in [4.78, 5) is 19.4. The van der Waals surface area contributed by atoms with Gasteiger partial charge >= 0.3 is 6.03 Å². The number of carbonyl (C=O) groups is 1. The van der Waals surface area contributed by atoms with Crippen LogP contribution in [0.4, 0.5) is 9.18 Å². The lowest BCUT2D eigenvalue weighted by molar-refractivity contribution is -0.0159. The summed E-state index contributed by atoms with van der Waals surface area (Å²) < 4.78 is 19.3. The molecule has 1 aromatic carbocycles. The van der Waals surface area contributed by atoms with E-state index in [1.807, 2.05) is 6.07 Å². The lowest BCUT2D eigenvalue weighted by Gasteiger charge is -2.40. The Labute approximate surface area is 167 Å². The fourth-order valence-electron chi connectivity index (χ4n) is 3.99. The average Bonchev–Trinajstić information content (AvgIpc) is 2.69. The maximum atomic E-state index is 13.5. The zero-order valence-corrected chi connectivity index (χ0v) is 17.2. The van der Waals surface area contributed by atoms with E-state index < -0.39 is 0 Å². The summed E-state index contributed by atoms with van der Waals surface area (Å²) in [6.45, 7) is 10.7. The van der Waals surface area contributed by atoms with Crippen LogP contribution in [0.1, 0.15) is 25.5 Å². The van der Waals surface area contributed by atoms with Crippen LogP contribution in [-0.2, 0) is 4.74 Å². The number of urea groups is 1. The number of carbonyl (C=O) groups excluding carboxylic acids is 1. The Morgan fingerprint density at radius 2 is 2.00 bits per heavy atom. The van der Waals surface area contributed by atoms with Crippen molar-refractivity contribution in [2.24, 2.45) is 5.92 Å². The number of rotatable bonds is 5. The second-order valence-corrected chi connectivity index (χ2v) is 8.20. The maximum Gasteiger partial charge on any atom is 0.317 e. The number of amides is 2. The second-order valence-electron chi connectivity index (χ2n) is 8.20. The molecular formula is C21H33FN4O2. The first-order valence-corrected chi connectivity index (χ1v) is 10.3. The van der Waals surface area contributed by atoms with Gasteiger partial charge in [0.25, 0.3) is 0 Å². The van der Waals surface area contributed by atoms with Gasteiger partial charge in [-0.05, 0) is 30.7 Å². The third-order valence-electron chi connectivity index (χ3n) is 5.81. The summed E-state index contributed by atoms with van der Waals surface area (Å²) in [6, 6.07) is 6.69. The molecule has 0 saturated carbocycles. The molecule has 0 aromatic heterocycles. The van der Waals surface area contributed by atoms with Gasteiger partial charge in [-0.1, -0.05) is 26.0 Å². The Hall–Kier alpha value is -1.70. The minimum atomic E-state index is -0.284. The Morgan fingerprint density at radius 3 is 2.68 bits per heavy atom. The lowest BCUT2D eigenvalue weighted by atomic mass is 10.0. The van der Waals surface area contributed by atoms with E-state index in [0.29, 0.717) is 38.2 Å². The summed E-state index contributed by atoms with van der Waals surface area (Å²) >= 11 is 0. The van der Waals surface area contributed by atoms with E-state index in [9.17, 15) is 9.18 Å². The molecule has 1 N–H and O–H groups in total. The van der Waals surface area contributed by atoms with E-state index in [0.717, 1.165) is 31.7 Å². The van der Waals surface area contributed by atoms with Gasteiger partial charge in [-0.3, -0.25) is 4.90 Å². The Morgan fingerprint density at radius 1 is 1.25 bits per heavy atom. The summed E-state index contributed by atoms with van der Waals surface area (Å²) in [5.41, 5.74) is 0.773. The van der Waals surface area contributed by atoms with Gasteiger partial charge in [0.1, 0.15) is 11.9 Å². The van der Waals surface area contributed by atoms with Crippen molar-refractivity contribution < 1.29 is 13.9 Å². The fourth-order valence-corrected chi connectivity index (χ4v) is 3.99. The number of ether oxygens (including phenoxy) is 1. The van der Waals surface area contributed by atoms with Crippen LogP contribution < -0.4 is 5.32 Å². The Balaban J connectivity index is 1.54. The van der Waals surface area contributed by atoms with Gasteiger partial charge in [-0.25, -0.2) is 9.18 Å². The molecule has 3 rings (SSSR count). The van der Waals surface area contributed by atoms with Gasteiger partial charge in [-0.2, -0.15) is 0 Å². The summed E-state index contributed by atoms with van der Waals surface area (Å²) in [7, 11) is 2.15. The first kappa shape index (κ1) is 21.0. The molecule has 2 aliphatic rings. The molecule has 0 aliphatic carbocycles. The van der Waals surface area contributed by atoms with Crippen LogP contribution in [0.3, 0.4) is 0 Å². The smallest absolute Gasteiger partial charge is 0.317 e. The topological polar surface area (TPSA) is 48.1 Å². The number of likely N-dealkylation sites (N-methyl/N-ethyl adjacent to an activating group) is 1. The van der Waals surface area contributed by atoms with Crippen LogP contribution in [0.15, 0.2) is 24.3 Å². The SMILES string of the molecule is CC(C)C(CNC(=O)N1CCOC(c2cccc(F)c2)C1)N1CCN(C)CC1. The molecule has 2 saturated heterocycles. The van der Waals surface area contributed by atoms with Crippen molar-refractivity contribution >= 4 is 6.03 Å². The van der Waals surface area contributed by atoms with Gasteiger partial charge in [0, 0.05) is 45.3 Å². The summed E-state index contributed by atoms with van der Waals surface area (Å²) in [5, 5.41) is 3.13. The molecule has 0 bridgehead atoms. The Bertz CT molecular complexity index is 649. The minimum Gasteiger partial charge on any atom is -0.370 e. The van der Waals surface area contributed by atoms with Gasteiger partial charge in [0.05, 0.1) is 13.2 Å². The normalized spacial score (nSPS) is 23.0. The van der Waals surface area contributed by atoms with E-state index in [1.165, 1.54) is 12.1 Å². The number of piperazine rings is 1. The third-order valence-corrected chi connectivity index (χ3v) is 5.81. The molecule has 0 spiro atoms. The highest BCUT2D eigenvalue weighted by atomic mass is 19.1. The number of hydrogen-bond donors (Lipinski definition) is 1. The maximum absolute atomic E-state index is 13.5. The molecule has 2 atom stereocenters. The van der Waals surface area contributed by atoms with Crippen molar-refractivity contribution in [1.82, 2.24) is 20.0 Å². The molecule has 2 unspecified atom stereocenters. The lowest BCUT2D eigenvalue weighted by Crippen LogP contribution is -2.56. The van der Waals surface area contributed by atoms with Crippen molar-refractivity contribution in [1.29, 1.82) is 0 Å². The molecule has 2 amide bonds. The van der Waals surface area contributed by atoms with Crippen LogP contribution in [0.5, 0.6) is 0 Å². The molecular weight excluding hydrogens is 359 g/mol. The van der Waals surface area contributed by atoms with Gasteiger partial charge in [0.2, 0.25) is 0 Å². The van der Waals surface area contributed by atoms with Crippen molar-refractivity contribution in [3.05, 3.63) is 35.6 Å². The second kappa shape index (κ2) is 9.67. The zero-order chi connectivity index (χ0) is 20.1. The van der Waals surface area contributed by atoms with E-state index >= 15 is 0 Å². The van der Waals surface area contributed by atoms with Crippen molar-refractivity contribution in [2.75, 3.05) is 59.5 Å². The van der Waals surface area contributed by atoms with Crippen LogP contribution >= 0.6 is 0 Å². The minimum absolute atomic E-state index is 0.0653. The standard InChI is InChI=1S/C21H33FN4O2/c1-16(2)19(25-9-7-24(3)8-10-25)14-23-21(27)26-11-12-28-20(15-26)17-5-4-6-18(22)13-17/h4-6,13,16,19-20H,7-12,14-15H2,1-3H3,(H,23,27). The monoisotopic (exact) mass is 392 g/mol. The molecule has 2 fully saturated rings. The van der Waals surface area contributed by atoms with Crippen molar-refractivity contribution in [3.63, 3.8) is 0 Å². The molecule has 2 aliphatic heterocycles. The van der Waals surface area contributed by atoms with E-state index in [-0.39, 0.29) is 18.0 Å². The highest BCUT2D eigenvalue weighted by molar-refractivity contribution is 5.74. The quantitative estimate of drug-likeness (QED) is 0.835. The van der Waals surface area contributed by atoms with E-state index in [4.69, 9.17) is 4.74 Å². The van der Waals surface area contributed by atoms with Crippen LogP contribution in [0.2, 0.25) is 0 Å². The number of nitrogens with one attached hydrogen (secondary N) is 1. The highest BCUT2D eigenvalue weighted by Crippen LogP contribution is 2.23. The summed E-state index contributed by atoms with van der Waals surface area (Å²) in [6.07, 6.45) is -0.284. The molecule has 6 nitrogen and oxygen atoms in total. The van der Waals surface area contributed by atoms with Gasteiger partial charge in [-0.15, -0.1) is 0 Å². The van der Waals surface area contributed by atoms with E-state index in [1.54, 1.807) is 11.0 Å². The van der Waals surface area contributed by atoms with Gasteiger partial charge < -0.3 is 19.9 Å². The van der Waals surface area contributed by atoms with Crippen molar-refractivity contribution in [3.8, 4) is 0 Å². The number of morpholine rings is 1. The highest BCUT2D eigenvalue weighted by Gasteiger charge is 2.28. The number of hydrogen-bond acceptors (Lipinski definition) is 4. The Kier molecular flexibility index (Phi) is 7.26. The first-order valence-electron chi connectivity index (χ1n) is 10.3. The predicted molar refractivity (Wildman–Crippen MR) is 108 cm³/mol. The van der Waals surface area contributed by atoms with Crippen LogP contribution in [0.25, 0.3) is 0 Å². The number of nitrogens with zero attached hydrogens (tertiary/aromatic N) is 3. The molecule has 7 heteroatoms. The van der Waals surface area contributed by atoms with Crippen LogP contribution in [-0.4, -0.2) is 86.2 Å². The van der Waals surface area contributed by atoms with Gasteiger partial charge in [0.15, 0.2) is 0 Å².